The Bertz CT molecular complexity index is 606. The van der Waals surface area contributed by atoms with Crippen molar-refractivity contribution >= 4 is 10.1 Å². The molecule has 0 spiro atoms. The minimum absolute atomic E-state index is 0.141. The first-order valence-electron chi connectivity index (χ1n) is 5.32. The van der Waals surface area contributed by atoms with Gasteiger partial charge in [0, 0.05) is 6.07 Å². The van der Waals surface area contributed by atoms with Crippen LogP contribution in [-0.2, 0) is 14.9 Å². The molecule has 0 fully saturated rings. The molecular formula is C12H13NO4S. The number of methoxy groups -OCH3 is 1. The van der Waals surface area contributed by atoms with E-state index in [9.17, 15) is 13.0 Å². The number of allylic oxidation sites excluding steroid dienone is 3. The number of aromatic nitrogens is 1. The number of nitrogens with zero attached hydrogens (tertiary/aromatic N) is 1. The predicted octanol–water partition coefficient (Wildman–Crippen LogP) is 1.69. The Morgan fingerprint density at radius 2 is 2.17 bits per heavy atom. The Kier molecular flexibility index (Phi) is 3.23. The Hall–Kier alpha value is -1.66. The molecule has 2 rings (SSSR count). The summed E-state index contributed by atoms with van der Waals surface area (Å²) in [4.78, 5) is 4.11. The van der Waals surface area contributed by atoms with Crippen LogP contribution in [0.1, 0.15) is 12.1 Å². The molecule has 1 N–H and O–H groups in total. The Labute approximate surface area is 106 Å². The summed E-state index contributed by atoms with van der Waals surface area (Å²) in [6, 6.07) is 4.81. The van der Waals surface area contributed by atoms with Crippen LogP contribution in [0.25, 0.3) is 0 Å². The van der Waals surface area contributed by atoms with Gasteiger partial charge < -0.3 is 4.74 Å². The van der Waals surface area contributed by atoms with Gasteiger partial charge in [0.2, 0.25) is 5.88 Å². The highest BCUT2D eigenvalue weighted by molar-refractivity contribution is 7.87. The second-order valence-corrected chi connectivity index (χ2v) is 5.60. The molecule has 1 unspecified atom stereocenters. The topological polar surface area (TPSA) is 76.5 Å². The van der Waals surface area contributed by atoms with E-state index in [0.29, 0.717) is 5.88 Å². The Balaban J connectivity index is 2.61. The molecule has 1 atom stereocenters. The molecule has 0 aliphatic heterocycles. The van der Waals surface area contributed by atoms with E-state index >= 15 is 0 Å². The summed E-state index contributed by atoms with van der Waals surface area (Å²) in [5.41, 5.74) is 0.241. The number of hydrogen-bond donors (Lipinski definition) is 1. The van der Waals surface area contributed by atoms with Gasteiger partial charge in [0.1, 0.15) is 0 Å². The highest BCUT2D eigenvalue weighted by Gasteiger charge is 2.43. The minimum Gasteiger partial charge on any atom is -0.481 e. The fraction of sp³-hybridized carbons (Fsp3) is 0.250. The van der Waals surface area contributed by atoms with Crippen molar-refractivity contribution in [3.63, 3.8) is 0 Å². The SMILES string of the molecule is COc1cccc(C2(S(=O)(=O)O)C=CC=CC2)n1. The van der Waals surface area contributed by atoms with Crippen LogP contribution in [0.3, 0.4) is 0 Å². The lowest BCUT2D eigenvalue weighted by molar-refractivity contribution is 0.392. The van der Waals surface area contributed by atoms with Crippen molar-refractivity contribution in [2.75, 3.05) is 7.11 Å². The van der Waals surface area contributed by atoms with Gasteiger partial charge in [0.05, 0.1) is 12.8 Å². The second-order valence-electron chi connectivity index (χ2n) is 3.92. The summed E-state index contributed by atoms with van der Waals surface area (Å²) in [7, 11) is -2.87. The van der Waals surface area contributed by atoms with Crippen molar-refractivity contribution in [2.45, 2.75) is 11.2 Å². The smallest absolute Gasteiger partial charge is 0.280 e. The summed E-state index contributed by atoms with van der Waals surface area (Å²) in [6.45, 7) is 0. The van der Waals surface area contributed by atoms with Crippen LogP contribution in [0, 0.1) is 0 Å². The van der Waals surface area contributed by atoms with E-state index < -0.39 is 14.9 Å². The number of rotatable bonds is 3. The van der Waals surface area contributed by atoms with Gasteiger partial charge in [0.15, 0.2) is 4.75 Å². The zero-order valence-corrected chi connectivity index (χ0v) is 10.6. The molecule has 0 radical (unpaired) electrons. The van der Waals surface area contributed by atoms with E-state index in [-0.39, 0.29) is 12.1 Å². The van der Waals surface area contributed by atoms with Gasteiger partial charge in [-0.2, -0.15) is 8.42 Å². The highest BCUT2D eigenvalue weighted by Crippen LogP contribution is 2.36. The Morgan fingerprint density at radius 3 is 2.72 bits per heavy atom. The maximum atomic E-state index is 11.7. The summed E-state index contributed by atoms with van der Waals surface area (Å²) in [5.74, 6) is 0.304. The molecule has 0 bridgehead atoms. The van der Waals surface area contributed by atoms with Crippen LogP contribution in [0.4, 0.5) is 0 Å². The maximum absolute atomic E-state index is 11.7. The van der Waals surface area contributed by atoms with Crippen LogP contribution in [0.2, 0.25) is 0 Å². The molecule has 1 heterocycles. The molecule has 1 aromatic heterocycles. The number of hydrogen-bond acceptors (Lipinski definition) is 4. The molecule has 0 saturated carbocycles. The highest BCUT2D eigenvalue weighted by atomic mass is 32.2. The van der Waals surface area contributed by atoms with Crippen LogP contribution in [0.15, 0.2) is 42.5 Å². The lowest BCUT2D eigenvalue weighted by atomic mass is 9.95. The van der Waals surface area contributed by atoms with E-state index in [1.807, 2.05) is 0 Å². The first kappa shape index (κ1) is 12.8. The van der Waals surface area contributed by atoms with E-state index in [1.165, 1.54) is 13.2 Å². The largest absolute Gasteiger partial charge is 0.481 e. The van der Waals surface area contributed by atoms with E-state index in [0.717, 1.165) is 0 Å². The fourth-order valence-electron chi connectivity index (χ4n) is 1.88. The van der Waals surface area contributed by atoms with Crippen molar-refractivity contribution in [2.24, 2.45) is 0 Å². The van der Waals surface area contributed by atoms with Crippen LogP contribution < -0.4 is 4.74 Å². The average molecular weight is 267 g/mol. The predicted molar refractivity (Wildman–Crippen MR) is 66.9 cm³/mol. The molecule has 1 aliphatic carbocycles. The molecule has 18 heavy (non-hydrogen) atoms. The molecule has 1 aliphatic rings. The summed E-state index contributed by atoms with van der Waals surface area (Å²) in [5, 5.41) is 0. The standard InChI is InChI=1S/C12H13NO4S/c1-17-11-7-5-6-10(13-11)12(18(14,15)16)8-3-2-4-9-12/h2-8H,9H2,1H3,(H,14,15,16). The molecule has 6 heteroatoms. The van der Waals surface area contributed by atoms with Gasteiger partial charge >= 0.3 is 0 Å². The number of pyridine rings is 1. The molecular weight excluding hydrogens is 254 g/mol. The molecule has 0 aromatic carbocycles. The van der Waals surface area contributed by atoms with Gasteiger partial charge in [-0.25, -0.2) is 4.98 Å². The Morgan fingerprint density at radius 1 is 1.39 bits per heavy atom. The van der Waals surface area contributed by atoms with Crippen molar-refractivity contribution in [1.29, 1.82) is 0 Å². The lowest BCUT2D eigenvalue weighted by Crippen LogP contribution is -2.35. The van der Waals surface area contributed by atoms with Gasteiger partial charge in [-0.05, 0) is 12.5 Å². The van der Waals surface area contributed by atoms with Gasteiger partial charge in [0.25, 0.3) is 10.1 Å². The third kappa shape index (κ3) is 2.04. The molecule has 96 valence electrons. The van der Waals surface area contributed by atoms with E-state index in [1.54, 1.807) is 36.4 Å². The quantitative estimate of drug-likeness (QED) is 0.843. The monoisotopic (exact) mass is 267 g/mol. The third-order valence-corrected chi connectivity index (χ3v) is 4.29. The minimum atomic E-state index is -4.32. The van der Waals surface area contributed by atoms with Gasteiger partial charge in [-0.15, -0.1) is 0 Å². The lowest BCUT2D eigenvalue weighted by Gasteiger charge is -2.27. The second kappa shape index (κ2) is 4.55. The molecule has 0 amide bonds. The first-order chi connectivity index (χ1) is 8.49. The normalized spacial score (nSPS) is 23.0. The van der Waals surface area contributed by atoms with Crippen LogP contribution >= 0.6 is 0 Å². The summed E-state index contributed by atoms with van der Waals surface area (Å²) < 4.78 is 36.4. The zero-order valence-electron chi connectivity index (χ0n) is 9.78. The molecule has 5 nitrogen and oxygen atoms in total. The average Bonchev–Trinajstić information content (AvgIpc) is 2.38. The van der Waals surface area contributed by atoms with Crippen LogP contribution in [0.5, 0.6) is 5.88 Å². The van der Waals surface area contributed by atoms with Gasteiger partial charge in [-0.3, -0.25) is 4.55 Å². The van der Waals surface area contributed by atoms with E-state index in [2.05, 4.69) is 4.98 Å². The molecule has 0 saturated heterocycles. The third-order valence-electron chi connectivity index (χ3n) is 2.86. The van der Waals surface area contributed by atoms with Crippen molar-refractivity contribution in [3.05, 3.63) is 48.2 Å². The maximum Gasteiger partial charge on any atom is 0.280 e. The van der Waals surface area contributed by atoms with Crippen molar-refractivity contribution < 1.29 is 17.7 Å². The number of ether oxygens (including phenoxy) is 1. The first-order valence-corrected chi connectivity index (χ1v) is 6.76. The fourth-order valence-corrected chi connectivity index (χ4v) is 2.81. The van der Waals surface area contributed by atoms with E-state index in [4.69, 9.17) is 4.74 Å². The zero-order chi connectivity index (χ0) is 13.2. The van der Waals surface area contributed by atoms with Crippen molar-refractivity contribution in [1.82, 2.24) is 4.98 Å². The summed E-state index contributed by atoms with van der Waals surface area (Å²) in [6.07, 6.45) is 6.56. The van der Waals surface area contributed by atoms with Crippen molar-refractivity contribution in [3.8, 4) is 5.88 Å². The van der Waals surface area contributed by atoms with Gasteiger partial charge in [-0.1, -0.05) is 30.4 Å². The molecule has 1 aromatic rings. The van der Waals surface area contributed by atoms with Crippen LogP contribution in [-0.4, -0.2) is 25.1 Å². The summed E-state index contributed by atoms with van der Waals surface area (Å²) >= 11 is 0.